The molecule has 5 nitrogen and oxygen atoms in total. The summed E-state index contributed by atoms with van der Waals surface area (Å²) in [5.74, 6) is 0. The Morgan fingerprint density at radius 2 is 2.35 bits per heavy atom. The molecule has 1 aromatic carbocycles. The van der Waals surface area contributed by atoms with Crippen LogP contribution in [0.15, 0.2) is 22.6 Å². The SMILES string of the molecule is CCN1CCCC1CN(C)c1nc2ccc(N)cc2o1. The Balaban J connectivity index is 1.76. The van der Waals surface area contributed by atoms with Gasteiger partial charge in [0.05, 0.1) is 0 Å². The summed E-state index contributed by atoms with van der Waals surface area (Å²) >= 11 is 0. The Morgan fingerprint density at radius 1 is 1.50 bits per heavy atom. The highest BCUT2D eigenvalue weighted by molar-refractivity contribution is 5.78. The fraction of sp³-hybridized carbons (Fsp3) is 0.533. The summed E-state index contributed by atoms with van der Waals surface area (Å²) in [5, 5.41) is 0. The minimum Gasteiger partial charge on any atom is -0.423 e. The molecule has 1 atom stereocenters. The molecule has 3 rings (SSSR count). The van der Waals surface area contributed by atoms with Gasteiger partial charge < -0.3 is 15.1 Å². The highest BCUT2D eigenvalue weighted by Crippen LogP contribution is 2.25. The van der Waals surface area contributed by atoms with Crippen molar-refractivity contribution >= 4 is 22.8 Å². The molecule has 108 valence electrons. The van der Waals surface area contributed by atoms with Crippen molar-refractivity contribution in [2.24, 2.45) is 0 Å². The van der Waals surface area contributed by atoms with Crippen LogP contribution < -0.4 is 10.6 Å². The lowest BCUT2D eigenvalue weighted by Crippen LogP contribution is -2.38. The normalized spacial score (nSPS) is 19.8. The summed E-state index contributed by atoms with van der Waals surface area (Å²) in [6, 6.07) is 6.86. The van der Waals surface area contributed by atoms with Crippen molar-refractivity contribution < 1.29 is 4.42 Å². The van der Waals surface area contributed by atoms with E-state index in [4.69, 9.17) is 10.2 Å². The van der Waals surface area contributed by atoms with Crippen LogP contribution >= 0.6 is 0 Å². The van der Waals surface area contributed by atoms with Crippen LogP contribution in [0.3, 0.4) is 0 Å². The zero-order valence-corrected chi connectivity index (χ0v) is 12.2. The summed E-state index contributed by atoms with van der Waals surface area (Å²) in [5.41, 5.74) is 8.09. The van der Waals surface area contributed by atoms with Gasteiger partial charge in [-0.15, -0.1) is 0 Å². The van der Waals surface area contributed by atoms with Gasteiger partial charge in [-0.1, -0.05) is 6.92 Å². The fourth-order valence-corrected chi connectivity index (χ4v) is 3.00. The molecule has 1 aliphatic rings. The number of hydrogen-bond donors (Lipinski definition) is 1. The quantitative estimate of drug-likeness (QED) is 0.867. The molecule has 1 fully saturated rings. The number of likely N-dealkylation sites (tertiary alicyclic amines) is 1. The van der Waals surface area contributed by atoms with E-state index >= 15 is 0 Å². The van der Waals surface area contributed by atoms with Crippen molar-refractivity contribution in [2.45, 2.75) is 25.8 Å². The third-order valence-corrected chi connectivity index (χ3v) is 4.12. The van der Waals surface area contributed by atoms with Crippen LogP contribution in [0, 0.1) is 0 Å². The summed E-state index contributed by atoms with van der Waals surface area (Å²) < 4.78 is 5.81. The van der Waals surface area contributed by atoms with Gasteiger partial charge in [-0.25, -0.2) is 0 Å². The number of oxazole rings is 1. The molecule has 20 heavy (non-hydrogen) atoms. The Morgan fingerprint density at radius 3 is 3.15 bits per heavy atom. The van der Waals surface area contributed by atoms with Crippen molar-refractivity contribution in [2.75, 3.05) is 37.3 Å². The predicted molar refractivity (Wildman–Crippen MR) is 82.0 cm³/mol. The molecule has 0 radical (unpaired) electrons. The molecule has 2 aromatic rings. The molecular weight excluding hydrogens is 252 g/mol. The maximum absolute atomic E-state index is 5.81. The lowest BCUT2D eigenvalue weighted by atomic mass is 10.2. The van der Waals surface area contributed by atoms with Gasteiger partial charge in [-0.05, 0) is 38.1 Å². The number of nitrogen functional groups attached to an aromatic ring is 1. The number of likely N-dealkylation sites (N-methyl/N-ethyl adjacent to an activating group) is 2. The molecule has 0 aliphatic carbocycles. The number of nitrogens with two attached hydrogens (primary N) is 1. The largest absolute Gasteiger partial charge is 0.423 e. The minimum atomic E-state index is 0.602. The Bertz CT molecular complexity index is 595. The third-order valence-electron chi connectivity index (χ3n) is 4.12. The minimum absolute atomic E-state index is 0.602. The van der Waals surface area contributed by atoms with Gasteiger partial charge >= 0.3 is 0 Å². The van der Waals surface area contributed by atoms with E-state index in [1.54, 1.807) is 0 Å². The molecule has 5 heteroatoms. The number of aromatic nitrogens is 1. The van der Waals surface area contributed by atoms with Gasteiger partial charge in [-0.3, -0.25) is 4.90 Å². The number of hydrogen-bond acceptors (Lipinski definition) is 5. The van der Waals surface area contributed by atoms with Crippen molar-refractivity contribution in [1.29, 1.82) is 0 Å². The van der Waals surface area contributed by atoms with Crippen molar-refractivity contribution in [3.05, 3.63) is 18.2 Å². The zero-order chi connectivity index (χ0) is 14.1. The molecule has 0 saturated carbocycles. The second-order valence-electron chi connectivity index (χ2n) is 5.53. The zero-order valence-electron chi connectivity index (χ0n) is 12.2. The Hall–Kier alpha value is -1.75. The summed E-state index contributed by atoms with van der Waals surface area (Å²) in [6.45, 7) is 5.50. The van der Waals surface area contributed by atoms with Gasteiger partial charge in [-0.2, -0.15) is 4.98 Å². The van der Waals surface area contributed by atoms with E-state index in [1.165, 1.54) is 19.4 Å². The van der Waals surface area contributed by atoms with Crippen LogP contribution in [0.2, 0.25) is 0 Å². The van der Waals surface area contributed by atoms with E-state index in [-0.39, 0.29) is 0 Å². The molecule has 1 unspecified atom stereocenters. The number of benzene rings is 1. The van der Waals surface area contributed by atoms with Gasteiger partial charge in [0.25, 0.3) is 6.01 Å². The number of anilines is 2. The smallest absolute Gasteiger partial charge is 0.298 e. The van der Waals surface area contributed by atoms with E-state index in [0.29, 0.717) is 17.7 Å². The molecule has 1 aliphatic heterocycles. The average Bonchev–Trinajstić information content (AvgIpc) is 3.04. The van der Waals surface area contributed by atoms with Crippen LogP contribution in [0.1, 0.15) is 19.8 Å². The monoisotopic (exact) mass is 274 g/mol. The Labute approximate surface area is 119 Å². The molecule has 1 aromatic heterocycles. The van der Waals surface area contributed by atoms with E-state index in [2.05, 4.69) is 21.7 Å². The third kappa shape index (κ3) is 2.45. The van der Waals surface area contributed by atoms with E-state index in [1.807, 2.05) is 25.2 Å². The topological polar surface area (TPSA) is 58.5 Å². The van der Waals surface area contributed by atoms with Crippen molar-refractivity contribution in [3.8, 4) is 0 Å². The first-order valence-corrected chi connectivity index (χ1v) is 7.28. The molecule has 2 N–H and O–H groups in total. The first-order chi connectivity index (χ1) is 9.67. The predicted octanol–water partition coefficient (Wildman–Crippen LogP) is 2.33. The van der Waals surface area contributed by atoms with Crippen LogP contribution in [-0.2, 0) is 0 Å². The second kappa shape index (κ2) is 5.32. The van der Waals surface area contributed by atoms with Crippen LogP contribution in [0.5, 0.6) is 0 Å². The van der Waals surface area contributed by atoms with Crippen LogP contribution in [-0.4, -0.2) is 42.6 Å². The van der Waals surface area contributed by atoms with Gasteiger partial charge in [0.1, 0.15) is 5.52 Å². The first kappa shape index (κ1) is 13.2. The van der Waals surface area contributed by atoms with Gasteiger partial charge in [0.15, 0.2) is 5.58 Å². The molecule has 0 amide bonds. The summed E-state index contributed by atoms with van der Waals surface area (Å²) in [7, 11) is 2.04. The van der Waals surface area contributed by atoms with Crippen molar-refractivity contribution in [1.82, 2.24) is 9.88 Å². The van der Waals surface area contributed by atoms with Crippen LogP contribution in [0.4, 0.5) is 11.7 Å². The molecule has 2 heterocycles. The lowest BCUT2D eigenvalue weighted by Gasteiger charge is -2.26. The second-order valence-corrected chi connectivity index (χ2v) is 5.53. The number of nitrogens with zero attached hydrogens (tertiary/aromatic N) is 3. The van der Waals surface area contributed by atoms with Crippen molar-refractivity contribution in [3.63, 3.8) is 0 Å². The van der Waals surface area contributed by atoms with Crippen LogP contribution in [0.25, 0.3) is 11.1 Å². The van der Waals surface area contributed by atoms with Gasteiger partial charge in [0, 0.05) is 31.4 Å². The first-order valence-electron chi connectivity index (χ1n) is 7.28. The number of fused-ring (bicyclic) bond motifs is 1. The average molecular weight is 274 g/mol. The van der Waals surface area contributed by atoms with E-state index in [0.717, 1.165) is 24.2 Å². The van der Waals surface area contributed by atoms with Gasteiger partial charge in [0.2, 0.25) is 0 Å². The lowest BCUT2D eigenvalue weighted by molar-refractivity contribution is 0.269. The maximum atomic E-state index is 5.81. The molecule has 0 spiro atoms. The molecule has 1 saturated heterocycles. The number of rotatable bonds is 4. The molecule has 0 bridgehead atoms. The Kier molecular flexibility index (Phi) is 3.53. The maximum Gasteiger partial charge on any atom is 0.298 e. The highest BCUT2D eigenvalue weighted by atomic mass is 16.4. The summed E-state index contributed by atoms with van der Waals surface area (Å²) in [4.78, 5) is 9.16. The van der Waals surface area contributed by atoms with E-state index in [9.17, 15) is 0 Å². The summed E-state index contributed by atoms with van der Waals surface area (Å²) in [6.07, 6.45) is 2.54. The van der Waals surface area contributed by atoms with E-state index < -0.39 is 0 Å². The standard InChI is InChI=1S/C15H22N4O/c1-3-19-8-4-5-12(19)10-18(2)15-17-13-7-6-11(16)9-14(13)20-15/h6-7,9,12H,3-5,8,10,16H2,1-2H3. The highest BCUT2D eigenvalue weighted by Gasteiger charge is 2.25. The molecular formula is C15H22N4O. The fourth-order valence-electron chi connectivity index (χ4n) is 3.00.